The Morgan fingerprint density at radius 2 is 1.58 bits per heavy atom. The Bertz CT molecular complexity index is 562. The zero-order valence-corrected chi connectivity index (χ0v) is 15.2. The molecule has 3 atom stereocenters. The molecular formula is C21H27O2P. The Labute approximate surface area is 146 Å². The first kappa shape index (κ1) is 17.6. The molecule has 1 fully saturated rings. The number of rotatable bonds is 7. The van der Waals surface area contributed by atoms with Gasteiger partial charge in [0, 0.05) is 0 Å². The molecule has 0 amide bonds. The van der Waals surface area contributed by atoms with Crippen LogP contribution in [0.3, 0.4) is 0 Å². The Kier molecular flexibility index (Phi) is 6.43. The maximum Gasteiger partial charge on any atom is 0.0701 e. The van der Waals surface area contributed by atoms with Crippen LogP contribution < -0.4 is 10.6 Å². The lowest BCUT2D eigenvalue weighted by Crippen LogP contribution is -2.32. The van der Waals surface area contributed by atoms with Crippen molar-refractivity contribution in [1.29, 1.82) is 0 Å². The SMILES string of the molecule is C[C@@H](OCCO)C1CCCC1P(c1ccccc1)c1ccccc1. The number of hydrogen-bond donors (Lipinski definition) is 1. The summed E-state index contributed by atoms with van der Waals surface area (Å²) in [5.74, 6) is 0.572. The molecule has 1 N–H and O–H groups in total. The molecule has 2 nitrogen and oxygen atoms in total. The van der Waals surface area contributed by atoms with Crippen LogP contribution in [-0.2, 0) is 4.74 Å². The van der Waals surface area contributed by atoms with E-state index in [0.29, 0.717) is 18.2 Å². The second-order valence-electron chi connectivity index (χ2n) is 6.50. The van der Waals surface area contributed by atoms with Crippen molar-refractivity contribution in [1.82, 2.24) is 0 Å². The van der Waals surface area contributed by atoms with Gasteiger partial charge in [-0.3, -0.25) is 0 Å². The minimum absolute atomic E-state index is 0.105. The van der Waals surface area contributed by atoms with Gasteiger partial charge in [0.1, 0.15) is 0 Å². The number of aliphatic hydroxyl groups is 1. The van der Waals surface area contributed by atoms with Crippen LogP contribution in [0.5, 0.6) is 0 Å². The molecule has 1 aliphatic carbocycles. The van der Waals surface area contributed by atoms with Crippen molar-refractivity contribution in [3.8, 4) is 0 Å². The fraction of sp³-hybridized carbons (Fsp3) is 0.429. The average molecular weight is 342 g/mol. The smallest absolute Gasteiger partial charge is 0.0701 e. The zero-order valence-electron chi connectivity index (χ0n) is 14.3. The number of hydrogen-bond acceptors (Lipinski definition) is 2. The molecule has 1 aliphatic rings. The first-order valence-electron chi connectivity index (χ1n) is 8.93. The van der Waals surface area contributed by atoms with E-state index in [9.17, 15) is 0 Å². The van der Waals surface area contributed by atoms with Crippen molar-refractivity contribution in [3.05, 3.63) is 60.7 Å². The standard InChI is InChI=1S/C21H27O2P/c1-17(23-16-15-22)20-13-8-14-21(20)24(18-9-4-2-5-10-18)19-11-6-3-7-12-19/h2-7,9-12,17,20-22H,8,13-16H2,1H3/t17-,20?,21?/m1/s1. The van der Waals surface area contributed by atoms with Crippen LogP contribution in [0, 0.1) is 5.92 Å². The highest BCUT2D eigenvalue weighted by molar-refractivity contribution is 7.73. The topological polar surface area (TPSA) is 29.5 Å². The fourth-order valence-corrected chi connectivity index (χ4v) is 7.17. The second-order valence-corrected chi connectivity index (χ2v) is 8.94. The highest BCUT2D eigenvalue weighted by Crippen LogP contribution is 2.51. The molecular weight excluding hydrogens is 315 g/mol. The highest BCUT2D eigenvalue weighted by Gasteiger charge is 2.38. The third kappa shape index (κ3) is 4.06. The lowest BCUT2D eigenvalue weighted by Gasteiger charge is -2.33. The third-order valence-electron chi connectivity index (χ3n) is 5.01. The van der Waals surface area contributed by atoms with Crippen LogP contribution in [0.25, 0.3) is 0 Å². The van der Waals surface area contributed by atoms with Crippen molar-refractivity contribution in [2.75, 3.05) is 13.2 Å². The number of aliphatic hydroxyl groups excluding tert-OH is 1. The molecule has 128 valence electrons. The van der Waals surface area contributed by atoms with E-state index in [2.05, 4.69) is 67.6 Å². The van der Waals surface area contributed by atoms with Crippen molar-refractivity contribution in [3.63, 3.8) is 0 Å². The maximum absolute atomic E-state index is 9.07. The summed E-state index contributed by atoms with van der Waals surface area (Å²) in [7, 11) is -0.381. The molecule has 1 saturated carbocycles. The van der Waals surface area contributed by atoms with E-state index in [1.165, 1.54) is 29.9 Å². The summed E-state index contributed by atoms with van der Waals surface area (Å²) in [6.07, 6.45) is 3.99. The summed E-state index contributed by atoms with van der Waals surface area (Å²) in [6.45, 7) is 2.73. The molecule has 2 aromatic carbocycles. The lowest BCUT2D eigenvalue weighted by molar-refractivity contribution is 0.00835. The van der Waals surface area contributed by atoms with Gasteiger partial charge in [-0.15, -0.1) is 0 Å². The molecule has 24 heavy (non-hydrogen) atoms. The number of ether oxygens (including phenoxy) is 1. The van der Waals surface area contributed by atoms with Crippen LogP contribution in [-0.4, -0.2) is 30.1 Å². The summed E-state index contributed by atoms with van der Waals surface area (Å²) in [4.78, 5) is 0. The summed E-state index contributed by atoms with van der Waals surface area (Å²) in [5, 5.41) is 12.0. The Balaban J connectivity index is 1.90. The average Bonchev–Trinajstić information content (AvgIpc) is 3.11. The van der Waals surface area contributed by atoms with Gasteiger partial charge < -0.3 is 9.84 Å². The largest absolute Gasteiger partial charge is 0.394 e. The molecule has 3 rings (SSSR count). The normalized spacial score (nSPS) is 22.0. The van der Waals surface area contributed by atoms with E-state index in [4.69, 9.17) is 9.84 Å². The van der Waals surface area contributed by atoms with Gasteiger partial charge in [-0.2, -0.15) is 0 Å². The minimum Gasteiger partial charge on any atom is -0.394 e. The van der Waals surface area contributed by atoms with Crippen LogP contribution in [0.15, 0.2) is 60.7 Å². The first-order chi connectivity index (χ1) is 11.8. The molecule has 0 saturated heterocycles. The molecule has 3 heteroatoms. The highest BCUT2D eigenvalue weighted by atomic mass is 31.1. The predicted octanol–water partition coefficient (Wildman–Crippen LogP) is 3.69. The van der Waals surface area contributed by atoms with Gasteiger partial charge >= 0.3 is 0 Å². The van der Waals surface area contributed by atoms with Gasteiger partial charge in [-0.05, 0) is 49.9 Å². The van der Waals surface area contributed by atoms with Crippen LogP contribution in [0.2, 0.25) is 0 Å². The summed E-state index contributed by atoms with van der Waals surface area (Å²) in [5.41, 5.74) is 0.651. The fourth-order valence-electron chi connectivity index (χ4n) is 3.91. The van der Waals surface area contributed by atoms with Gasteiger partial charge in [0.05, 0.1) is 19.3 Å². The molecule has 2 aromatic rings. The zero-order chi connectivity index (χ0) is 16.8. The van der Waals surface area contributed by atoms with Gasteiger partial charge in [0.15, 0.2) is 0 Å². The molecule has 2 unspecified atom stereocenters. The van der Waals surface area contributed by atoms with Gasteiger partial charge in [0.2, 0.25) is 0 Å². The van der Waals surface area contributed by atoms with Gasteiger partial charge in [-0.1, -0.05) is 67.1 Å². The van der Waals surface area contributed by atoms with E-state index < -0.39 is 0 Å². The van der Waals surface area contributed by atoms with Crippen molar-refractivity contribution >= 4 is 18.5 Å². The van der Waals surface area contributed by atoms with E-state index in [0.717, 1.165) is 0 Å². The molecule has 0 heterocycles. The molecule has 0 aromatic heterocycles. The Morgan fingerprint density at radius 1 is 1.00 bits per heavy atom. The maximum atomic E-state index is 9.07. The van der Waals surface area contributed by atoms with Crippen LogP contribution in [0.1, 0.15) is 26.2 Å². The number of benzene rings is 2. The van der Waals surface area contributed by atoms with E-state index in [-0.39, 0.29) is 20.6 Å². The Hall–Kier alpha value is -1.21. The van der Waals surface area contributed by atoms with E-state index >= 15 is 0 Å². The van der Waals surface area contributed by atoms with Crippen molar-refractivity contribution in [2.45, 2.75) is 37.9 Å². The van der Waals surface area contributed by atoms with E-state index in [1.807, 2.05) is 0 Å². The molecule has 0 aliphatic heterocycles. The molecule has 0 radical (unpaired) electrons. The van der Waals surface area contributed by atoms with Crippen LogP contribution >= 0.6 is 7.92 Å². The molecule has 0 spiro atoms. The van der Waals surface area contributed by atoms with Crippen molar-refractivity contribution < 1.29 is 9.84 Å². The van der Waals surface area contributed by atoms with E-state index in [1.54, 1.807) is 0 Å². The summed E-state index contributed by atoms with van der Waals surface area (Å²) < 4.78 is 5.89. The molecule has 0 bridgehead atoms. The summed E-state index contributed by atoms with van der Waals surface area (Å²) >= 11 is 0. The van der Waals surface area contributed by atoms with Crippen LogP contribution in [0.4, 0.5) is 0 Å². The first-order valence-corrected chi connectivity index (χ1v) is 10.3. The predicted molar refractivity (Wildman–Crippen MR) is 103 cm³/mol. The quantitative estimate of drug-likeness (QED) is 0.778. The Morgan fingerprint density at radius 3 is 2.12 bits per heavy atom. The second kappa shape index (κ2) is 8.76. The van der Waals surface area contributed by atoms with Gasteiger partial charge in [0.25, 0.3) is 0 Å². The third-order valence-corrected chi connectivity index (χ3v) is 8.02. The summed E-state index contributed by atoms with van der Waals surface area (Å²) in [6, 6.07) is 22.0. The van der Waals surface area contributed by atoms with Gasteiger partial charge in [-0.25, -0.2) is 0 Å². The minimum atomic E-state index is -0.381. The van der Waals surface area contributed by atoms with Crippen molar-refractivity contribution in [2.24, 2.45) is 5.92 Å². The monoisotopic (exact) mass is 342 g/mol. The lowest BCUT2D eigenvalue weighted by atomic mass is 10.0.